The van der Waals surface area contributed by atoms with Crippen LogP contribution in [0.15, 0.2) is 0 Å². The molecule has 0 radical (unpaired) electrons. The molecule has 27 heavy (non-hydrogen) atoms. The molecule has 0 saturated carbocycles. The van der Waals surface area contributed by atoms with Gasteiger partial charge in [0.25, 0.3) is 0 Å². The second-order valence-electron chi connectivity index (χ2n) is 8.40. The Bertz CT molecular complexity index is 385. The topological polar surface area (TPSA) is 133 Å². The molecule has 0 aliphatic heterocycles. The number of aliphatic hydroxyl groups is 4. The average molecular weight is 392 g/mol. The van der Waals surface area contributed by atoms with Crippen molar-refractivity contribution in [2.45, 2.75) is 115 Å². The zero-order valence-electron chi connectivity index (χ0n) is 17.3. The summed E-state index contributed by atoms with van der Waals surface area (Å²) in [7, 11) is 0. The second kappa shape index (κ2) is 14.3. The molecule has 7 heteroatoms. The average Bonchev–Trinajstić information content (AvgIpc) is 2.54. The van der Waals surface area contributed by atoms with Gasteiger partial charge in [0.2, 0.25) is 0 Å². The van der Waals surface area contributed by atoms with Gasteiger partial charge in [-0.3, -0.25) is 4.79 Å². The fourth-order valence-electron chi connectivity index (χ4n) is 2.80. The monoisotopic (exact) mass is 391 g/mol. The minimum Gasteiger partial charge on any atom is -0.460 e. The van der Waals surface area contributed by atoms with E-state index < -0.39 is 30.0 Å². The SMILES string of the molecule is CC(C)(C)OC(=O)CCCC(O)CCC(O)CCC(O)CCC(O)CCN. The number of aliphatic hydroxyl groups excluding tert-OH is 4. The van der Waals surface area contributed by atoms with Crippen molar-refractivity contribution in [1.82, 2.24) is 0 Å². The molecule has 0 aliphatic rings. The number of ether oxygens (including phenoxy) is 1. The number of hydrogen-bond acceptors (Lipinski definition) is 7. The summed E-state index contributed by atoms with van der Waals surface area (Å²) >= 11 is 0. The van der Waals surface area contributed by atoms with Crippen LogP contribution in [0.4, 0.5) is 0 Å². The Hall–Kier alpha value is -0.730. The highest BCUT2D eigenvalue weighted by Gasteiger charge is 2.17. The molecule has 0 aliphatic carbocycles. The molecule has 7 nitrogen and oxygen atoms in total. The minimum atomic E-state index is -0.575. The third-order valence-corrected chi connectivity index (χ3v) is 4.34. The first-order chi connectivity index (χ1) is 12.5. The molecular formula is C20H41NO6. The van der Waals surface area contributed by atoms with Gasteiger partial charge >= 0.3 is 5.97 Å². The van der Waals surface area contributed by atoms with E-state index in [-0.39, 0.29) is 12.4 Å². The van der Waals surface area contributed by atoms with E-state index in [0.29, 0.717) is 64.3 Å². The fourth-order valence-corrected chi connectivity index (χ4v) is 2.80. The van der Waals surface area contributed by atoms with Crippen molar-refractivity contribution in [3.05, 3.63) is 0 Å². The molecule has 0 aromatic carbocycles. The lowest BCUT2D eigenvalue weighted by atomic mass is 9.99. The Morgan fingerprint density at radius 1 is 0.778 bits per heavy atom. The van der Waals surface area contributed by atoms with Crippen molar-refractivity contribution in [3.63, 3.8) is 0 Å². The molecule has 0 rings (SSSR count). The zero-order valence-corrected chi connectivity index (χ0v) is 17.3. The van der Waals surface area contributed by atoms with Gasteiger partial charge in [-0.1, -0.05) is 0 Å². The standard InChI is InChI=1S/C20H41NO6/c1-20(2,3)27-19(26)6-4-5-15(22)7-8-16(23)9-10-17(24)11-12-18(25)13-14-21/h15-18,22-25H,4-14,21H2,1-3H3. The van der Waals surface area contributed by atoms with Crippen LogP contribution in [0, 0.1) is 0 Å². The van der Waals surface area contributed by atoms with E-state index in [9.17, 15) is 25.2 Å². The molecule has 4 unspecified atom stereocenters. The summed E-state index contributed by atoms with van der Waals surface area (Å²) in [5.74, 6) is -0.264. The van der Waals surface area contributed by atoms with Crippen LogP contribution in [-0.2, 0) is 9.53 Å². The normalized spacial score (nSPS) is 16.6. The van der Waals surface area contributed by atoms with Gasteiger partial charge in [0.1, 0.15) is 5.60 Å². The highest BCUT2D eigenvalue weighted by atomic mass is 16.6. The quantitative estimate of drug-likeness (QED) is 0.268. The Morgan fingerprint density at radius 2 is 1.15 bits per heavy atom. The largest absolute Gasteiger partial charge is 0.460 e. The summed E-state index contributed by atoms with van der Waals surface area (Å²) in [4.78, 5) is 11.6. The molecule has 0 heterocycles. The third-order valence-electron chi connectivity index (χ3n) is 4.34. The lowest BCUT2D eigenvalue weighted by molar-refractivity contribution is -0.155. The number of rotatable bonds is 15. The summed E-state index contributed by atoms with van der Waals surface area (Å²) in [6, 6.07) is 0. The van der Waals surface area contributed by atoms with Crippen molar-refractivity contribution in [3.8, 4) is 0 Å². The molecule has 4 atom stereocenters. The zero-order chi connectivity index (χ0) is 20.9. The molecular weight excluding hydrogens is 350 g/mol. The van der Waals surface area contributed by atoms with Gasteiger partial charge in [-0.25, -0.2) is 0 Å². The maximum atomic E-state index is 11.6. The third kappa shape index (κ3) is 17.1. The van der Waals surface area contributed by atoms with Crippen LogP contribution < -0.4 is 5.73 Å². The first-order valence-electron chi connectivity index (χ1n) is 10.2. The van der Waals surface area contributed by atoms with Crippen LogP contribution in [0.2, 0.25) is 0 Å². The summed E-state index contributed by atoms with van der Waals surface area (Å²) in [5.41, 5.74) is 4.87. The highest BCUT2D eigenvalue weighted by molar-refractivity contribution is 5.69. The van der Waals surface area contributed by atoms with Crippen LogP contribution in [0.5, 0.6) is 0 Å². The van der Waals surface area contributed by atoms with Crippen molar-refractivity contribution in [2.24, 2.45) is 5.73 Å². The van der Waals surface area contributed by atoms with Gasteiger partial charge in [-0.15, -0.1) is 0 Å². The van der Waals surface area contributed by atoms with E-state index in [2.05, 4.69) is 0 Å². The Morgan fingerprint density at radius 3 is 1.52 bits per heavy atom. The molecule has 0 fully saturated rings. The summed E-state index contributed by atoms with van der Waals surface area (Å²) in [6.07, 6.45) is 2.51. The van der Waals surface area contributed by atoms with Gasteiger partial charge in [0.15, 0.2) is 0 Å². The Labute approximate surface area is 163 Å². The molecule has 162 valence electrons. The summed E-state index contributed by atoms with van der Waals surface area (Å²) in [6.45, 7) is 5.89. The number of hydrogen-bond donors (Lipinski definition) is 5. The molecule has 0 aromatic heterocycles. The van der Waals surface area contributed by atoms with Crippen LogP contribution in [0.25, 0.3) is 0 Å². The van der Waals surface area contributed by atoms with Gasteiger partial charge < -0.3 is 30.9 Å². The van der Waals surface area contributed by atoms with Gasteiger partial charge in [0, 0.05) is 6.42 Å². The molecule has 0 spiro atoms. The predicted octanol–water partition coefficient (Wildman–Crippen LogP) is 1.63. The Kier molecular flexibility index (Phi) is 13.9. The van der Waals surface area contributed by atoms with Crippen molar-refractivity contribution < 1.29 is 30.0 Å². The van der Waals surface area contributed by atoms with E-state index in [1.807, 2.05) is 20.8 Å². The van der Waals surface area contributed by atoms with Gasteiger partial charge in [0.05, 0.1) is 24.4 Å². The van der Waals surface area contributed by atoms with Crippen LogP contribution in [0.1, 0.15) is 85.0 Å². The first-order valence-corrected chi connectivity index (χ1v) is 10.2. The van der Waals surface area contributed by atoms with Crippen molar-refractivity contribution in [1.29, 1.82) is 0 Å². The smallest absolute Gasteiger partial charge is 0.306 e. The van der Waals surface area contributed by atoms with E-state index in [1.165, 1.54) is 0 Å². The van der Waals surface area contributed by atoms with Crippen molar-refractivity contribution in [2.75, 3.05) is 6.54 Å². The second-order valence-corrected chi connectivity index (χ2v) is 8.40. The van der Waals surface area contributed by atoms with Crippen LogP contribution in [-0.4, -0.2) is 63.0 Å². The maximum Gasteiger partial charge on any atom is 0.306 e. The molecule has 0 saturated heterocycles. The van der Waals surface area contributed by atoms with Gasteiger partial charge in [-0.2, -0.15) is 0 Å². The number of nitrogens with two attached hydrogens (primary N) is 1. The fraction of sp³-hybridized carbons (Fsp3) is 0.950. The highest BCUT2D eigenvalue weighted by Crippen LogP contribution is 2.16. The summed E-state index contributed by atoms with van der Waals surface area (Å²) in [5, 5.41) is 39.4. The minimum absolute atomic E-state index is 0.264. The predicted molar refractivity (Wildman–Crippen MR) is 105 cm³/mol. The first kappa shape index (κ1) is 26.3. The molecule has 0 amide bonds. The molecule has 0 aromatic rings. The van der Waals surface area contributed by atoms with Crippen LogP contribution >= 0.6 is 0 Å². The summed E-state index contributed by atoms with van der Waals surface area (Å²) < 4.78 is 5.21. The van der Waals surface area contributed by atoms with Crippen molar-refractivity contribution >= 4 is 5.97 Å². The van der Waals surface area contributed by atoms with E-state index in [0.717, 1.165) is 0 Å². The van der Waals surface area contributed by atoms with E-state index in [4.69, 9.17) is 10.5 Å². The molecule has 0 bridgehead atoms. The van der Waals surface area contributed by atoms with E-state index in [1.54, 1.807) is 0 Å². The lowest BCUT2D eigenvalue weighted by Crippen LogP contribution is -2.24. The lowest BCUT2D eigenvalue weighted by Gasteiger charge is -2.20. The molecule has 6 N–H and O–H groups in total. The Balaban J connectivity index is 3.76. The maximum absolute atomic E-state index is 11.6. The van der Waals surface area contributed by atoms with Gasteiger partial charge in [-0.05, 0) is 85.1 Å². The van der Waals surface area contributed by atoms with E-state index >= 15 is 0 Å². The number of carbonyl (C=O) groups excluding carboxylic acids is 1. The number of carbonyl (C=O) groups is 1. The number of esters is 1. The van der Waals surface area contributed by atoms with Crippen LogP contribution in [0.3, 0.4) is 0 Å².